The summed E-state index contributed by atoms with van der Waals surface area (Å²) in [6.07, 6.45) is 9.40. The third-order valence-electron chi connectivity index (χ3n) is 1.69. The van der Waals surface area contributed by atoms with Gasteiger partial charge in [-0.15, -0.1) is 12.6 Å². The van der Waals surface area contributed by atoms with Gasteiger partial charge in [0.25, 0.3) is 0 Å². The van der Waals surface area contributed by atoms with E-state index in [1.54, 1.807) is 12.3 Å². The molecule has 1 heterocycles. The van der Waals surface area contributed by atoms with Gasteiger partial charge in [-0.3, -0.25) is 4.98 Å². The third kappa shape index (κ3) is 2.89. The molecule has 0 atom stereocenters. The van der Waals surface area contributed by atoms with Gasteiger partial charge in [-0.25, -0.2) is 0 Å². The summed E-state index contributed by atoms with van der Waals surface area (Å²) in [5.41, 5.74) is 1.98. The Bertz CT molecular complexity index is 360. The van der Waals surface area contributed by atoms with Gasteiger partial charge >= 0.3 is 0 Å². The van der Waals surface area contributed by atoms with E-state index in [1.165, 1.54) is 0 Å². The van der Waals surface area contributed by atoms with Crippen LogP contribution in [0.2, 0.25) is 0 Å². The lowest BCUT2D eigenvalue weighted by Crippen LogP contribution is -1.85. The first-order valence-corrected chi connectivity index (χ1v) is 4.83. The molecular formula is C12H13NS. The van der Waals surface area contributed by atoms with Crippen LogP contribution in [-0.2, 0) is 0 Å². The van der Waals surface area contributed by atoms with E-state index in [2.05, 4.69) is 24.2 Å². The maximum atomic E-state index is 4.27. The zero-order valence-corrected chi connectivity index (χ0v) is 9.04. The second kappa shape index (κ2) is 5.45. The zero-order valence-electron chi connectivity index (χ0n) is 8.14. The summed E-state index contributed by atoms with van der Waals surface area (Å²) >= 11 is 4.18. The molecule has 0 fully saturated rings. The number of nitrogens with zero attached hydrogens (tertiary/aromatic N) is 1. The van der Waals surface area contributed by atoms with Gasteiger partial charge in [0.2, 0.25) is 0 Å². The monoisotopic (exact) mass is 203 g/mol. The largest absolute Gasteiger partial charge is 0.255 e. The molecule has 0 unspecified atom stereocenters. The molecule has 1 aromatic rings. The first kappa shape index (κ1) is 10.8. The Morgan fingerprint density at radius 3 is 2.79 bits per heavy atom. The lowest BCUT2D eigenvalue weighted by atomic mass is 10.1. The summed E-state index contributed by atoms with van der Waals surface area (Å²) in [5, 5.41) is 0. The number of pyridine rings is 1. The summed E-state index contributed by atoms with van der Waals surface area (Å²) in [7, 11) is 0. The fourth-order valence-electron chi connectivity index (χ4n) is 1.09. The van der Waals surface area contributed by atoms with E-state index in [1.807, 2.05) is 37.3 Å². The van der Waals surface area contributed by atoms with E-state index in [0.29, 0.717) is 0 Å². The minimum absolute atomic E-state index is 0.868. The summed E-state index contributed by atoms with van der Waals surface area (Å²) < 4.78 is 0. The smallest absolute Gasteiger partial charge is 0.0702 e. The lowest BCUT2D eigenvalue weighted by molar-refractivity contribution is 1.21. The van der Waals surface area contributed by atoms with Crippen LogP contribution in [0.3, 0.4) is 0 Å². The molecule has 0 aliphatic carbocycles. The predicted molar refractivity (Wildman–Crippen MR) is 64.5 cm³/mol. The van der Waals surface area contributed by atoms with Gasteiger partial charge in [0, 0.05) is 11.1 Å². The molecule has 14 heavy (non-hydrogen) atoms. The molecule has 0 N–H and O–H groups in total. The zero-order chi connectivity index (χ0) is 10.4. The van der Waals surface area contributed by atoms with Crippen molar-refractivity contribution in [2.75, 3.05) is 0 Å². The summed E-state index contributed by atoms with van der Waals surface area (Å²) in [4.78, 5) is 5.14. The predicted octanol–water partition coefficient (Wildman–Crippen LogP) is 3.52. The fourth-order valence-corrected chi connectivity index (χ4v) is 1.22. The molecule has 2 heteroatoms. The van der Waals surface area contributed by atoms with Crippen LogP contribution < -0.4 is 0 Å². The molecule has 1 aromatic heterocycles. The third-order valence-corrected chi connectivity index (χ3v) is 1.95. The van der Waals surface area contributed by atoms with Crippen molar-refractivity contribution in [1.29, 1.82) is 0 Å². The summed E-state index contributed by atoms with van der Waals surface area (Å²) in [5.74, 6) is 0. The van der Waals surface area contributed by atoms with Crippen LogP contribution in [0.4, 0.5) is 0 Å². The molecule has 0 saturated heterocycles. The minimum atomic E-state index is 0.868. The molecule has 1 rings (SSSR count). The number of thiol groups is 1. The van der Waals surface area contributed by atoms with Crippen molar-refractivity contribution in [2.45, 2.75) is 11.8 Å². The van der Waals surface area contributed by atoms with Crippen LogP contribution >= 0.6 is 12.6 Å². The topological polar surface area (TPSA) is 12.9 Å². The maximum absolute atomic E-state index is 4.27. The van der Waals surface area contributed by atoms with Crippen LogP contribution in [0, 0.1) is 0 Å². The van der Waals surface area contributed by atoms with E-state index in [0.717, 1.165) is 16.2 Å². The molecule has 0 aliphatic heterocycles. The van der Waals surface area contributed by atoms with Crippen molar-refractivity contribution < 1.29 is 0 Å². The van der Waals surface area contributed by atoms with Gasteiger partial charge in [0.15, 0.2) is 0 Å². The lowest BCUT2D eigenvalue weighted by Gasteiger charge is -2.00. The first-order chi connectivity index (χ1) is 6.77. The summed E-state index contributed by atoms with van der Waals surface area (Å²) in [6, 6.07) is 3.86. The molecule has 0 aromatic carbocycles. The van der Waals surface area contributed by atoms with Crippen molar-refractivity contribution in [3.8, 4) is 0 Å². The Morgan fingerprint density at radius 2 is 2.29 bits per heavy atom. The standard InChI is InChI=1S/C12H13NS/c1-3-5-10(6-4-2)12-8-7-11(14)9-13-12/h3-9,14H,1H2,2H3/b6-4-,10-5+. The van der Waals surface area contributed by atoms with Gasteiger partial charge in [-0.1, -0.05) is 30.9 Å². The molecule has 72 valence electrons. The van der Waals surface area contributed by atoms with Crippen molar-refractivity contribution >= 4 is 18.2 Å². The van der Waals surface area contributed by atoms with Crippen molar-refractivity contribution in [1.82, 2.24) is 4.98 Å². The van der Waals surface area contributed by atoms with Gasteiger partial charge in [-0.2, -0.15) is 0 Å². The highest BCUT2D eigenvalue weighted by atomic mass is 32.1. The molecule has 0 bridgehead atoms. The Balaban J connectivity index is 3.05. The van der Waals surface area contributed by atoms with Crippen molar-refractivity contribution in [3.05, 3.63) is 54.9 Å². The molecule has 0 spiro atoms. The van der Waals surface area contributed by atoms with Crippen LogP contribution in [0.1, 0.15) is 12.6 Å². The van der Waals surface area contributed by atoms with Crippen LogP contribution in [0.25, 0.3) is 5.57 Å². The Labute approximate surface area is 90.3 Å². The maximum Gasteiger partial charge on any atom is 0.0702 e. The highest BCUT2D eigenvalue weighted by Crippen LogP contribution is 2.15. The van der Waals surface area contributed by atoms with Gasteiger partial charge < -0.3 is 0 Å². The first-order valence-electron chi connectivity index (χ1n) is 4.38. The molecule has 0 aliphatic rings. The average molecular weight is 203 g/mol. The Kier molecular flexibility index (Phi) is 4.20. The highest BCUT2D eigenvalue weighted by molar-refractivity contribution is 7.80. The molecule has 0 amide bonds. The average Bonchev–Trinajstić information content (AvgIpc) is 2.19. The normalized spacial score (nSPS) is 12.0. The number of hydrogen-bond donors (Lipinski definition) is 1. The second-order valence-electron chi connectivity index (χ2n) is 2.76. The van der Waals surface area contributed by atoms with Gasteiger partial charge in [-0.05, 0) is 24.6 Å². The second-order valence-corrected chi connectivity index (χ2v) is 3.28. The minimum Gasteiger partial charge on any atom is -0.255 e. The number of allylic oxidation sites excluding steroid dienone is 5. The summed E-state index contributed by atoms with van der Waals surface area (Å²) in [6.45, 7) is 5.65. The fraction of sp³-hybridized carbons (Fsp3) is 0.0833. The van der Waals surface area contributed by atoms with Crippen LogP contribution in [0.15, 0.2) is 54.1 Å². The van der Waals surface area contributed by atoms with Crippen LogP contribution in [-0.4, -0.2) is 4.98 Å². The molecule has 0 radical (unpaired) electrons. The Morgan fingerprint density at radius 1 is 1.50 bits per heavy atom. The highest BCUT2D eigenvalue weighted by Gasteiger charge is 1.97. The van der Waals surface area contributed by atoms with E-state index >= 15 is 0 Å². The molecule has 1 nitrogen and oxygen atoms in total. The SMILES string of the molecule is C=C/C=C(\C=C/C)c1ccc(S)cn1. The van der Waals surface area contributed by atoms with E-state index in [-0.39, 0.29) is 0 Å². The van der Waals surface area contributed by atoms with E-state index in [9.17, 15) is 0 Å². The van der Waals surface area contributed by atoms with E-state index < -0.39 is 0 Å². The van der Waals surface area contributed by atoms with Gasteiger partial charge in [0.05, 0.1) is 5.69 Å². The van der Waals surface area contributed by atoms with Crippen molar-refractivity contribution in [3.63, 3.8) is 0 Å². The Hall–Kier alpha value is -1.28. The quantitative estimate of drug-likeness (QED) is 0.586. The molecular weight excluding hydrogens is 190 g/mol. The van der Waals surface area contributed by atoms with E-state index in [4.69, 9.17) is 0 Å². The van der Waals surface area contributed by atoms with Crippen molar-refractivity contribution in [2.24, 2.45) is 0 Å². The number of rotatable bonds is 3. The van der Waals surface area contributed by atoms with Crippen LogP contribution in [0.5, 0.6) is 0 Å². The number of hydrogen-bond acceptors (Lipinski definition) is 2. The number of aromatic nitrogens is 1. The van der Waals surface area contributed by atoms with Gasteiger partial charge in [0.1, 0.15) is 0 Å². The molecule has 0 saturated carbocycles.